The van der Waals surface area contributed by atoms with E-state index in [1.165, 1.54) is 12.8 Å². The van der Waals surface area contributed by atoms with E-state index in [1.807, 2.05) is 12.1 Å². The van der Waals surface area contributed by atoms with Crippen molar-refractivity contribution >= 4 is 15.9 Å². The highest BCUT2D eigenvalue weighted by molar-refractivity contribution is 9.10. The lowest BCUT2D eigenvalue weighted by molar-refractivity contribution is 0.404. The van der Waals surface area contributed by atoms with Crippen LogP contribution in [0.4, 0.5) is 0 Å². The molecular weight excluding hydrogens is 302 g/mol. The Morgan fingerprint density at radius 1 is 1.32 bits per heavy atom. The molecule has 1 heterocycles. The Balaban J connectivity index is 1.99. The zero-order valence-corrected chi connectivity index (χ0v) is 12.8. The Morgan fingerprint density at radius 2 is 1.95 bits per heavy atom. The van der Waals surface area contributed by atoms with Crippen LogP contribution in [0.2, 0.25) is 0 Å². The molecule has 1 fully saturated rings. The SMILES string of the molecule is Cc1[nH]c(C(C)(N)C2CC2)nc1-c1ccc(Br)cc1. The number of hydrogen-bond donors (Lipinski definition) is 2. The Morgan fingerprint density at radius 3 is 2.53 bits per heavy atom. The first-order valence-electron chi connectivity index (χ1n) is 6.60. The lowest BCUT2D eigenvalue weighted by Gasteiger charge is -2.21. The predicted octanol–water partition coefficient (Wildman–Crippen LogP) is 3.73. The third kappa shape index (κ3) is 2.35. The van der Waals surface area contributed by atoms with Crippen LogP contribution in [-0.4, -0.2) is 9.97 Å². The molecule has 1 aliphatic carbocycles. The van der Waals surface area contributed by atoms with Gasteiger partial charge in [-0.2, -0.15) is 0 Å². The maximum atomic E-state index is 6.43. The minimum atomic E-state index is -0.335. The summed E-state index contributed by atoms with van der Waals surface area (Å²) in [6.07, 6.45) is 2.42. The van der Waals surface area contributed by atoms with Gasteiger partial charge in [-0.1, -0.05) is 28.1 Å². The van der Waals surface area contributed by atoms with Gasteiger partial charge in [0.25, 0.3) is 0 Å². The van der Waals surface area contributed by atoms with Gasteiger partial charge in [-0.15, -0.1) is 0 Å². The van der Waals surface area contributed by atoms with E-state index in [1.54, 1.807) is 0 Å². The van der Waals surface area contributed by atoms with Gasteiger partial charge >= 0.3 is 0 Å². The van der Waals surface area contributed by atoms with Gasteiger partial charge in [0.2, 0.25) is 0 Å². The summed E-state index contributed by atoms with van der Waals surface area (Å²) in [7, 11) is 0. The number of H-pyrrole nitrogens is 1. The molecule has 0 bridgehead atoms. The second-order valence-corrected chi connectivity index (χ2v) is 6.54. The molecule has 1 aliphatic rings. The van der Waals surface area contributed by atoms with Crippen molar-refractivity contribution in [2.24, 2.45) is 11.7 Å². The number of nitrogens with two attached hydrogens (primary N) is 1. The molecule has 1 aromatic heterocycles. The number of nitrogens with one attached hydrogen (secondary N) is 1. The topological polar surface area (TPSA) is 54.7 Å². The first kappa shape index (κ1) is 12.9. The molecule has 3 N–H and O–H groups in total. The number of aromatic amines is 1. The van der Waals surface area contributed by atoms with Gasteiger partial charge in [0.05, 0.1) is 11.2 Å². The van der Waals surface area contributed by atoms with Crippen molar-refractivity contribution in [3.63, 3.8) is 0 Å². The lowest BCUT2D eigenvalue weighted by atomic mass is 9.97. The number of rotatable bonds is 3. The maximum Gasteiger partial charge on any atom is 0.127 e. The third-order valence-corrected chi connectivity index (χ3v) is 4.47. The summed E-state index contributed by atoms with van der Waals surface area (Å²) in [5, 5.41) is 0. The Hall–Kier alpha value is -1.13. The predicted molar refractivity (Wildman–Crippen MR) is 80.7 cm³/mol. The fourth-order valence-corrected chi connectivity index (χ4v) is 2.75. The summed E-state index contributed by atoms with van der Waals surface area (Å²) < 4.78 is 1.08. The first-order valence-corrected chi connectivity index (χ1v) is 7.39. The van der Waals surface area contributed by atoms with Crippen molar-refractivity contribution in [3.05, 3.63) is 40.3 Å². The highest BCUT2D eigenvalue weighted by Gasteiger charge is 2.42. The molecule has 1 aromatic carbocycles. The molecule has 4 heteroatoms. The van der Waals surface area contributed by atoms with E-state index < -0.39 is 0 Å². The van der Waals surface area contributed by atoms with E-state index in [0.717, 1.165) is 27.2 Å². The first-order chi connectivity index (χ1) is 8.98. The average molecular weight is 320 g/mol. The zero-order chi connectivity index (χ0) is 13.6. The minimum Gasteiger partial charge on any atom is -0.344 e. The van der Waals surface area contributed by atoms with Crippen LogP contribution in [-0.2, 0) is 5.54 Å². The molecule has 3 nitrogen and oxygen atoms in total. The van der Waals surface area contributed by atoms with Crippen LogP contribution in [0.5, 0.6) is 0 Å². The Kier molecular flexibility index (Phi) is 3.02. The molecule has 1 saturated carbocycles. The van der Waals surface area contributed by atoms with Gasteiger partial charge in [-0.05, 0) is 44.7 Å². The van der Waals surface area contributed by atoms with Crippen LogP contribution >= 0.6 is 15.9 Å². The van der Waals surface area contributed by atoms with Crippen LogP contribution < -0.4 is 5.73 Å². The Bertz CT molecular complexity index is 594. The number of benzene rings is 1. The van der Waals surface area contributed by atoms with Gasteiger partial charge in [0, 0.05) is 15.7 Å². The molecule has 0 saturated heterocycles. The van der Waals surface area contributed by atoms with Gasteiger partial charge in [-0.25, -0.2) is 4.98 Å². The summed E-state index contributed by atoms with van der Waals surface area (Å²) >= 11 is 3.45. The number of hydrogen-bond acceptors (Lipinski definition) is 2. The second-order valence-electron chi connectivity index (χ2n) is 5.62. The lowest BCUT2D eigenvalue weighted by Crippen LogP contribution is -2.36. The van der Waals surface area contributed by atoms with E-state index in [0.29, 0.717) is 5.92 Å². The van der Waals surface area contributed by atoms with Crippen LogP contribution in [0.1, 0.15) is 31.3 Å². The highest BCUT2D eigenvalue weighted by Crippen LogP contribution is 2.43. The molecule has 100 valence electrons. The molecular formula is C15H18BrN3. The van der Waals surface area contributed by atoms with E-state index in [-0.39, 0.29) is 5.54 Å². The maximum absolute atomic E-state index is 6.43. The number of nitrogens with zero attached hydrogens (tertiary/aromatic N) is 1. The molecule has 0 aliphatic heterocycles. The summed E-state index contributed by atoms with van der Waals surface area (Å²) in [5.74, 6) is 1.47. The normalized spacial score (nSPS) is 18.3. The average Bonchev–Trinajstić information content (AvgIpc) is 3.15. The molecule has 2 aromatic rings. The molecule has 0 spiro atoms. The fraction of sp³-hybridized carbons (Fsp3) is 0.400. The van der Waals surface area contributed by atoms with Gasteiger partial charge in [-0.3, -0.25) is 0 Å². The van der Waals surface area contributed by atoms with Gasteiger partial charge in [0.15, 0.2) is 0 Å². The smallest absolute Gasteiger partial charge is 0.127 e. The van der Waals surface area contributed by atoms with Crippen molar-refractivity contribution in [2.75, 3.05) is 0 Å². The largest absolute Gasteiger partial charge is 0.344 e. The number of imidazole rings is 1. The van der Waals surface area contributed by atoms with Crippen molar-refractivity contribution in [1.29, 1.82) is 0 Å². The van der Waals surface area contributed by atoms with Crippen molar-refractivity contribution in [1.82, 2.24) is 9.97 Å². The van der Waals surface area contributed by atoms with Gasteiger partial charge in [0.1, 0.15) is 5.82 Å². The quantitative estimate of drug-likeness (QED) is 0.905. The third-order valence-electron chi connectivity index (χ3n) is 3.94. The van der Waals surface area contributed by atoms with Gasteiger partial charge < -0.3 is 10.7 Å². The van der Waals surface area contributed by atoms with Crippen molar-refractivity contribution < 1.29 is 0 Å². The van der Waals surface area contributed by atoms with Crippen LogP contribution in [0.15, 0.2) is 28.7 Å². The number of aryl methyl sites for hydroxylation is 1. The molecule has 0 radical (unpaired) electrons. The molecule has 1 atom stereocenters. The van der Waals surface area contributed by atoms with E-state index in [2.05, 4.69) is 46.9 Å². The van der Waals surface area contributed by atoms with Crippen LogP contribution in [0.25, 0.3) is 11.3 Å². The zero-order valence-electron chi connectivity index (χ0n) is 11.2. The second kappa shape index (κ2) is 4.46. The molecule has 1 unspecified atom stereocenters. The summed E-state index contributed by atoms with van der Waals surface area (Å²) in [4.78, 5) is 8.12. The summed E-state index contributed by atoms with van der Waals surface area (Å²) in [6.45, 7) is 4.13. The molecule has 19 heavy (non-hydrogen) atoms. The van der Waals surface area contributed by atoms with Crippen LogP contribution in [0.3, 0.4) is 0 Å². The monoisotopic (exact) mass is 319 g/mol. The van der Waals surface area contributed by atoms with E-state index >= 15 is 0 Å². The summed E-state index contributed by atoms with van der Waals surface area (Å²) in [5.41, 5.74) is 9.29. The van der Waals surface area contributed by atoms with E-state index in [4.69, 9.17) is 10.7 Å². The standard InChI is InChI=1S/C15H18BrN3/c1-9-13(10-3-7-12(16)8-4-10)19-14(18-9)15(2,17)11-5-6-11/h3-4,7-8,11H,5-6,17H2,1-2H3,(H,18,19). The molecule has 0 amide bonds. The Labute approximate surface area is 121 Å². The minimum absolute atomic E-state index is 0.335. The van der Waals surface area contributed by atoms with Crippen molar-refractivity contribution in [3.8, 4) is 11.3 Å². The van der Waals surface area contributed by atoms with Crippen molar-refractivity contribution in [2.45, 2.75) is 32.2 Å². The van der Waals surface area contributed by atoms with Crippen LogP contribution in [0, 0.1) is 12.8 Å². The number of halogens is 1. The number of aromatic nitrogens is 2. The van der Waals surface area contributed by atoms with E-state index in [9.17, 15) is 0 Å². The molecule has 3 rings (SSSR count). The fourth-order valence-electron chi connectivity index (χ4n) is 2.48. The summed E-state index contributed by atoms with van der Waals surface area (Å²) in [6, 6.07) is 8.21. The highest BCUT2D eigenvalue weighted by atomic mass is 79.9.